The molecule has 0 spiro atoms. The van der Waals surface area contributed by atoms with Crippen LogP contribution in [-0.4, -0.2) is 46.5 Å². The number of alkyl carbamates (subject to hydrolysis) is 1. The summed E-state index contributed by atoms with van der Waals surface area (Å²) in [7, 11) is 0. The maximum absolute atomic E-state index is 14.1. The Labute approximate surface area is 218 Å². The molecule has 2 atom stereocenters. The van der Waals surface area contributed by atoms with Crippen LogP contribution in [0, 0.1) is 19.8 Å². The fourth-order valence-corrected chi connectivity index (χ4v) is 3.98. The highest BCUT2D eigenvalue weighted by Crippen LogP contribution is 2.29. The number of unbranched alkanes of at least 4 members (excludes halogenated alkanes) is 2. The monoisotopic (exact) mass is 503 g/mol. The molecular weight excluding hydrogens is 454 g/mol. The second-order valence-corrected chi connectivity index (χ2v) is 12.0. The van der Waals surface area contributed by atoms with Crippen LogP contribution in [0.5, 0.6) is 0 Å². The smallest absolute Gasteiger partial charge is 0.408 e. The first kappa shape index (κ1) is 31.5. The number of nitrogens with one attached hydrogen (secondary N) is 2. The first-order valence-electron chi connectivity index (χ1n) is 13.2. The van der Waals surface area contributed by atoms with Crippen molar-refractivity contribution < 1.29 is 19.1 Å². The van der Waals surface area contributed by atoms with Gasteiger partial charge in [-0.3, -0.25) is 9.59 Å². The lowest BCUT2D eigenvalue weighted by Gasteiger charge is -2.37. The molecule has 2 N–H and O–H groups in total. The van der Waals surface area contributed by atoms with Gasteiger partial charge in [0.25, 0.3) is 0 Å². The molecule has 1 rings (SSSR count). The molecule has 0 aliphatic rings. The molecule has 3 amide bonds. The van der Waals surface area contributed by atoms with Gasteiger partial charge in [-0.25, -0.2) is 4.79 Å². The third-order valence-electron chi connectivity index (χ3n) is 5.89. The first-order chi connectivity index (χ1) is 16.5. The van der Waals surface area contributed by atoms with Crippen molar-refractivity contribution in [3.63, 3.8) is 0 Å². The highest BCUT2D eigenvalue weighted by molar-refractivity contribution is 5.92. The van der Waals surface area contributed by atoms with Crippen molar-refractivity contribution in [2.24, 2.45) is 5.92 Å². The van der Waals surface area contributed by atoms with Gasteiger partial charge >= 0.3 is 6.09 Å². The standard InChI is InChI=1S/C29H49N3O4/c1-12-13-14-18-32(26(34)23(19(2)3)30-27(35)36-29(9,10)11)24(25(33)31-28(6,7)8)22-17-15-16-20(4)21(22)5/h15-17,19,23-24H,12-14,18H2,1-11H3,(H,30,35)(H,31,33). The first-order valence-corrected chi connectivity index (χ1v) is 13.2. The van der Waals surface area contributed by atoms with Gasteiger partial charge in [0, 0.05) is 12.1 Å². The largest absolute Gasteiger partial charge is 0.444 e. The highest BCUT2D eigenvalue weighted by atomic mass is 16.6. The summed E-state index contributed by atoms with van der Waals surface area (Å²) in [6.07, 6.45) is 2.01. The van der Waals surface area contributed by atoms with Gasteiger partial charge < -0.3 is 20.3 Å². The predicted octanol–water partition coefficient (Wildman–Crippen LogP) is 5.83. The van der Waals surface area contributed by atoms with Crippen molar-refractivity contribution in [1.29, 1.82) is 0 Å². The van der Waals surface area contributed by atoms with Crippen LogP contribution in [0.1, 0.15) is 104 Å². The summed E-state index contributed by atoms with van der Waals surface area (Å²) in [5.74, 6) is -0.730. The molecule has 0 aliphatic carbocycles. The van der Waals surface area contributed by atoms with Crippen molar-refractivity contribution >= 4 is 17.9 Å². The topological polar surface area (TPSA) is 87.7 Å². The number of amides is 3. The number of benzene rings is 1. The fraction of sp³-hybridized carbons (Fsp3) is 0.690. The zero-order valence-electron chi connectivity index (χ0n) is 24.4. The number of carbonyl (C=O) groups excluding carboxylic acids is 3. The normalized spacial score (nSPS) is 13.7. The summed E-state index contributed by atoms with van der Waals surface area (Å²) >= 11 is 0. The van der Waals surface area contributed by atoms with Gasteiger partial charge in [-0.1, -0.05) is 51.8 Å². The van der Waals surface area contributed by atoms with Gasteiger partial charge in [0.15, 0.2) is 0 Å². The molecule has 0 heterocycles. The number of hydrogen-bond acceptors (Lipinski definition) is 4. The van der Waals surface area contributed by atoms with Crippen molar-refractivity contribution in [3.8, 4) is 0 Å². The van der Waals surface area contributed by atoms with Crippen LogP contribution < -0.4 is 10.6 Å². The number of aryl methyl sites for hydroxylation is 1. The Balaban J connectivity index is 3.59. The summed E-state index contributed by atoms with van der Waals surface area (Å²) < 4.78 is 5.44. The predicted molar refractivity (Wildman–Crippen MR) is 146 cm³/mol. The van der Waals surface area contributed by atoms with Gasteiger partial charge in [-0.15, -0.1) is 0 Å². The number of hydrogen-bond donors (Lipinski definition) is 2. The van der Waals surface area contributed by atoms with Crippen LogP contribution >= 0.6 is 0 Å². The molecular formula is C29H49N3O4. The van der Waals surface area contributed by atoms with Gasteiger partial charge in [-0.2, -0.15) is 0 Å². The zero-order valence-corrected chi connectivity index (χ0v) is 24.4. The van der Waals surface area contributed by atoms with E-state index in [1.54, 1.807) is 25.7 Å². The van der Waals surface area contributed by atoms with Gasteiger partial charge in [0.1, 0.15) is 17.7 Å². The number of rotatable bonds is 10. The molecule has 7 nitrogen and oxygen atoms in total. The van der Waals surface area contributed by atoms with Crippen LogP contribution in [0.4, 0.5) is 4.79 Å². The molecule has 1 aromatic rings. The van der Waals surface area contributed by atoms with E-state index in [9.17, 15) is 14.4 Å². The lowest BCUT2D eigenvalue weighted by atomic mass is 9.93. The van der Waals surface area contributed by atoms with Crippen LogP contribution in [0.15, 0.2) is 18.2 Å². The second kappa shape index (κ2) is 13.1. The van der Waals surface area contributed by atoms with E-state index in [0.29, 0.717) is 6.54 Å². The lowest BCUT2D eigenvalue weighted by molar-refractivity contribution is -0.144. The van der Waals surface area contributed by atoms with E-state index in [-0.39, 0.29) is 17.7 Å². The van der Waals surface area contributed by atoms with Crippen molar-refractivity contribution in [2.45, 2.75) is 119 Å². The summed E-state index contributed by atoms with van der Waals surface area (Å²) in [5, 5.41) is 5.86. The SMILES string of the molecule is CCCCCN(C(=O)C(NC(=O)OC(C)(C)C)C(C)C)C(C(=O)NC(C)(C)C)c1cccc(C)c1C. The average Bonchev–Trinajstić information content (AvgIpc) is 2.71. The number of nitrogens with zero attached hydrogens (tertiary/aromatic N) is 1. The lowest BCUT2D eigenvalue weighted by Crippen LogP contribution is -2.56. The van der Waals surface area contributed by atoms with Crippen molar-refractivity contribution in [1.82, 2.24) is 15.5 Å². The summed E-state index contributed by atoms with van der Waals surface area (Å²) in [6.45, 7) is 21.4. The summed E-state index contributed by atoms with van der Waals surface area (Å²) in [5.41, 5.74) is 1.65. The second-order valence-electron chi connectivity index (χ2n) is 12.0. The molecule has 2 unspecified atom stereocenters. The average molecular weight is 504 g/mol. The van der Waals surface area contributed by atoms with E-state index >= 15 is 0 Å². The third-order valence-corrected chi connectivity index (χ3v) is 5.89. The van der Waals surface area contributed by atoms with Crippen LogP contribution in [0.3, 0.4) is 0 Å². The van der Waals surface area contributed by atoms with Crippen LogP contribution in [0.25, 0.3) is 0 Å². The Morgan fingerprint density at radius 1 is 1.00 bits per heavy atom. The van der Waals surface area contributed by atoms with Gasteiger partial charge in [0.2, 0.25) is 11.8 Å². The quantitative estimate of drug-likeness (QED) is 0.393. The van der Waals surface area contributed by atoms with E-state index in [1.165, 1.54) is 0 Å². The zero-order chi connectivity index (χ0) is 27.8. The molecule has 0 saturated heterocycles. The summed E-state index contributed by atoms with van der Waals surface area (Å²) in [4.78, 5) is 42.2. The molecule has 7 heteroatoms. The Kier molecular flexibility index (Phi) is 11.5. The maximum atomic E-state index is 14.1. The highest BCUT2D eigenvalue weighted by Gasteiger charge is 2.38. The third kappa shape index (κ3) is 9.82. The van der Waals surface area contributed by atoms with Crippen molar-refractivity contribution in [3.05, 3.63) is 34.9 Å². The van der Waals surface area contributed by atoms with Crippen molar-refractivity contribution in [2.75, 3.05) is 6.54 Å². The number of carbonyl (C=O) groups is 3. The van der Waals surface area contributed by atoms with Crippen LogP contribution in [-0.2, 0) is 14.3 Å². The molecule has 0 aromatic heterocycles. The molecule has 1 aromatic carbocycles. The van der Waals surface area contributed by atoms with E-state index in [0.717, 1.165) is 36.0 Å². The van der Waals surface area contributed by atoms with E-state index < -0.39 is 29.3 Å². The number of ether oxygens (including phenoxy) is 1. The van der Waals surface area contributed by atoms with Gasteiger partial charge in [0.05, 0.1) is 0 Å². The molecule has 36 heavy (non-hydrogen) atoms. The Morgan fingerprint density at radius 2 is 1.61 bits per heavy atom. The minimum absolute atomic E-state index is 0.205. The molecule has 0 fully saturated rings. The van der Waals surface area contributed by atoms with Gasteiger partial charge in [-0.05, 0) is 84.4 Å². The molecule has 0 radical (unpaired) electrons. The fourth-order valence-electron chi connectivity index (χ4n) is 3.98. The molecule has 0 bridgehead atoms. The van der Waals surface area contributed by atoms with E-state index in [1.807, 2.05) is 66.7 Å². The Bertz CT molecular complexity index is 897. The van der Waals surface area contributed by atoms with E-state index in [4.69, 9.17) is 4.74 Å². The minimum Gasteiger partial charge on any atom is -0.444 e. The summed E-state index contributed by atoms with van der Waals surface area (Å²) in [6, 6.07) is 4.18. The van der Waals surface area contributed by atoms with E-state index in [2.05, 4.69) is 17.6 Å². The molecule has 204 valence electrons. The minimum atomic E-state index is -0.837. The molecule has 0 aliphatic heterocycles. The Hall–Kier alpha value is -2.57. The molecule has 0 saturated carbocycles. The Morgan fingerprint density at radius 3 is 2.11 bits per heavy atom. The maximum Gasteiger partial charge on any atom is 0.408 e. The van der Waals surface area contributed by atoms with Crippen LogP contribution in [0.2, 0.25) is 0 Å².